The number of nitrogens with zero attached hydrogens (tertiary/aromatic N) is 4. The molecule has 1 saturated heterocycles. The van der Waals surface area contributed by atoms with Crippen LogP contribution in [0.1, 0.15) is 6.23 Å². The summed E-state index contributed by atoms with van der Waals surface area (Å²) in [6.07, 6.45) is -2.59. The van der Waals surface area contributed by atoms with Crippen molar-refractivity contribution >= 4 is 30.5 Å². The van der Waals surface area contributed by atoms with Gasteiger partial charge in [-0.3, -0.25) is 9.09 Å². The minimum absolute atomic E-state index is 0.0656. The number of aromatic nitrogens is 4. The van der Waals surface area contributed by atoms with Gasteiger partial charge in [-0.2, -0.15) is 0 Å². The lowest BCUT2D eigenvalue weighted by Crippen LogP contribution is -2.33. The number of phosphoric acid groups is 1. The van der Waals surface area contributed by atoms with E-state index in [-0.39, 0.29) is 11.4 Å². The molecule has 0 spiro atoms. The highest BCUT2D eigenvalue weighted by atomic mass is 31.2. The standard InChI is InChI=1S/C16H18N5O8P/c22-9-3-1-2-8(4-9)20-14-11-15(18-6-17-14)21(7-19-11)16-13(24)12(23)10(29-16)5-28-30(25,26)27/h1-4,6-7,10,12-13,16,22-24H,5H2,(H,17,18,20)(H2,25,26,27)/t10-,12-,13-,16-/m1/s1. The van der Waals surface area contributed by atoms with Gasteiger partial charge in [0.15, 0.2) is 23.2 Å². The number of hydrogen-bond acceptors (Lipinski definition) is 10. The normalized spacial score (nSPS) is 24.4. The maximum absolute atomic E-state index is 10.9. The Morgan fingerprint density at radius 1 is 1.20 bits per heavy atom. The number of imidazole rings is 1. The number of ether oxygens (including phenoxy) is 1. The molecule has 30 heavy (non-hydrogen) atoms. The fourth-order valence-electron chi connectivity index (χ4n) is 3.12. The molecule has 4 rings (SSSR count). The Hall–Kier alpha value is -2.64. The van der Waals surface area contributed by atoms with Crippen molar-refractivity contribution in [3.8, 4) is 5.75 Å². The summed E-state index contributed by atoms with van der Waals surface area (Å²) in [6, 6.07) is 6.39. The number of phenols is 1. The average Bonchev–Trinajstić information content (AvgIpc) is 3.22. The van der Waals surface area contributed by atoms with Crippen molar-refractivity contribution in [2.24, 2.45) is 0 Å². The van der Waals surface area contributed by atoms with Gasteiger partial charge in [0, 0.05) is 11.8 Å². The van der Waals surface area contributed by atoms with Gasteiger partial charge >= 0.3 is 7.82 Å². The summed E-state index contributed by atoms with van der Waals surface area (Å²) in [4.78, 5) is 30.2. The SMILES string of the molecule is O=P(O)(O)OC[C@H]1O[C@@H](n2cnc3c(Nc4cccc(O)c4)ncnc32)[C@H](O)[C@@H]1O. The van der Waals surface area contributed by atoms with Gasteiger partial charge in [0.25, 0.3) is 0 Å². The van der Waals surface area contributed by atoms with Crippen LogP contribution in [0.2, 0.25) is 0 Å². The van der Waals surface area contributed by atoms with E-state index in [1.54, 1.807) is 12.1 Å². The van der Waals surface area contributed by atoms with E-state index in [1.165, 1.54) is 29.4 Å². The number of phosphoric ester groups is 1. The number of anilines is 2. The molecule has 3 heterocycles. The number of rotatable bonds is 6. The van der Waals surface area contributed by atoms with Crippen LogP contribution in [0, 0.1) is 0 Å². The number of aliphatic hydroxyl groups is 2. The number of aromatic hydroxyl groups is 1. The highest BCUT2D eigenvalue weighted by molar-refractivity contribution is 7.46. The Balaban J connectivity index is 1.60. The zero-order valence-corrected chi connectivity index (χ0v) is 16.1. The Kier molecular flexibility index (Phi) is 5.42. The maximum Gasteiger partial charge on any atom is 0.469 e. The molecule has 0 bridgehead atoms. The molecule has 160 valence electrons. The summed E-state index contributed by atoms with van der Waals surface area (Å²) in [7, 11) is -4.77. The summed E-state index contributed by atoms with van der Waals surface area (Å²) >= 11 is 0. The average molecular weight is 439 g/mol. The topological polar surface area (TPSA) is 192 Å². The predicted molar refractivity (Wildman–Crippen MR) is 101 cm³/mol. The minimum atomic E-state index is -4.77. The van der Waals surface area contributed by atoms with E-state index >= 15 is 0 Å². The Morgan fingerprint density at radius 3 is 2.73 bits per heavy atom. The zero-order valence-electron chi connectivity index (χ0n) is 15.2. The molecule has 3 aromatic rings. The van der Waals surface area contributed by atoms with Crippen LogP contribution < -0.4 is 5.32 Å². The second-order valence-electron chi connectivity index (χ2n) is 6.55. The zero-order chi connectivity index (χ0) is 21.5. The van der Waals surface area contributed by atoms with Gasteiger partial charge in [-0.15, -0.1) is 0 Å². The molecule has 4 atom stereocenters. The van der Waals surface area contributed by atoms with Gasteiger partial charge in [-0.05, 0) is 12.1 Å². The quantitative estimate of drug-likeness (QED) is 0.282. The molecular formula is C16H18N5O8P. The lowest BCUT2D eigenvalue weighted by Gasteiger charge is -2.16. The number of fused-ring (bicyclic) bond motifs is 1. The summed E-state index contributed by atoms with van der Waals surface area (Å²) in [5.74, 6) is 0.398. The lowest BCUT2D eigenvalue weighted by atomic mass is 10.1. The van der Waals surface area contributed by atoms with E-state index in [1.807, 2.05) is 0 Å². The molecule has 0 radical (unpaired) electrons. The third-order valence-electron chi connectivity index (χ3n) is 4.49. The van der Waals surface area contributed by atoms with E-state index in [0.717, 1.165) is 0 Å². The molecule has 1 aliphatic heterocycles. The van der Waals surface area contributed by atoms with Crippen molar-refractivity contribution < 1.29 is 38.9 Å². The van der Waals surface area contributed by atoms with Gasteiger partial charge < -0.3 is 35.2 Å². The first-order valence-electron chi connectivity index (χ1n) is 8.68. The molecular weight excluding hydrogens is 421 g/mol. The largest absolute Gasteiger partial charge is 0.508 e. The molecule has 0 unspecified atom stereocenters. The van der Waals surface area contributed by atoms with Crippen LogP contribution in [-0.4, -0.2) is 69.5 Å². The minimum Gasteiger partial charge on any atom is -0.508 e. The second-order valence-corrected chi connectivity index (χ2v) is 7.79. The van der Waals surface area contributed by atoms with Crippen molar-refractivity contribution in [3.05, 3.63) is 36.9 Å². The van der Waals surface area contributed by atoms with Gasteiger partial charge in [-0.1, -0.05) is 6.07 Å². The van der Waals surface area contributed by atoms with Gasteiger partial charge in [0.1, 0.15) is 30.4 Å². The lowest BCUT2D eigenvalue weighted by molar-refractivity contribution is -0.0504. The molecule has 13 nitrogen and oxygen atoms in total. The van der Waals surface area contributed by atoms with Crippen LogP contribution in [0.15, 0.2) is 36.9 Å². The predicted octanol–water partition coefficient (Wildman–Crippen LogP) is 0.00400. The first-order valence-corrected chi connectivity index (χ1v) is 10.2. The smallest absolute Gasteiger partial charge is 0.469 e. The van der Waals surface area contributed by atoms with Crippen molar-refractivity contribution in [1.82, 2.24) is 19.5 Å². The molecule has 6 N–H and O–H groups in total. The fraction of sp³-hybridized carbons (Fsp3) is 0.312. The Labute approximate surface area is 168 Å². The summed E-state index contributed by atoms with van der Waals surface area (Å²) < 4.78 is 22.2. The van der Waals surface area contributed by atoms with E-state index in [4.69, 9.17) is 14.5 Å². The Morgan fingerprint density at radius 2 is 2.00 bits per heavy atom. The van der Waals surface area contributed by atoms with Crippen LogP contribution in [0.5, 0.6) is 5.75 Å². The fourth-order valence-corrected chi connectivity index (χ4v) is 3.46. The van der Waals surface area contributed by atoms with Crippen molar-refractivity contribution in [2.75, 3.05) is 11.9 Å². The first-order chi connectivity index (χ1) is 14.2. The monoisotopic (exact) mass is 439 g/mol. The van der Waals surface area contributed by atoms with E-state index < -0.39 is 39.0 Å². The number of nitrogens with one attached hydrogen (secondary N) is 1. The number of phenolic OH excluding ortho intramolecular Hbond substituents is 1. The molecule has 1 aliphatic rings. The number of benzene rings is 1. The summed E-state index contributed by atoms with van der Waals surface area (Å²) in [5.41, 5.74) is 1.17. The number of hydrogen-bond donors (Lipinski definition) is 6. The molecule has 14 heteroatoms. The van der Waals surface area contributed by atoms with Crippen LogP contribution in [-0.2, 0) is 13.8 Å². The molecule has 1 aromatic carbocycles. The highest BCUT2D eigenvalue weighted by Crippen LogP contribution is 2.39. The van der Waals surface area contributed by atoms with E-state index in [9.17, 15) is 19.9 Å². The first kappa shape index (κ1) is 20.6. The third kappa shape index (κ3) is 4.13. The van der Waals surface area contributed by atoms with Crippen LogP contribution in [0.25, 0.3) is 11.2 Å². The van der Waals surface area contributed by atoms with Gasteiger partial charge in [-0.25, -0.2) is 19.5 Å². The van der Waals surface area contributed by atoms with Crippen molar-refractivity contribution in [2.45, 2.75) is 24.5 Å². The Bertz CT molecular complexity index is 1100. The number of aliphatic hydroxyl groups excluding tert-OH is 2. The van der Waals surface area contributed by atoms with Crippen molar-refractivity contribution in [3.63, 3.8) is 0 Å². The maximum atomic E-state index is 10.9. The van der Waals surface area contributed by atoms with Gasteiger partial charge in [0.05, 0.1) is 12.9 Å². The third-order valence-corrected chi connectivity index (χ3v) is 4.97. The van der Waals surface area contributed by atoms with Crippen molar-refractivity contribution in [1.29, 1.82) is 0 Å². The van der Waals surface area contributed by atoms with Gasteiger partial charge in [0.2, 0.25) is 0 Å². The van der Waals surface area contributed by atoms with E-state index in [2.05, 4.69) is 24.8 Å². The summed E-state index contributed by atoms with van der Waals surface area (Å²) in [5, 5.41) is 33.1. The van der Waals surface area contributed by atoms with Crippen LogP contribution in [0.3, 0.4) is 0 Å². The van der Waals surface area contributed by atoms with Crippen LogP contribution >= 0.6 is 7.82 Å². The molecule has 1 fully saturated rings. The molecule has 0 amide bonds. The van der Waals surface area contributed by atoms with Crippen LogP contribution in [0.4, 0.5) is 11.5 Å². The second kappa shape index (κ2) is 7.89. The molecule has 0 saturated carbocycles. The molecule has 2 aromatic heterocycles. The summed E-state index contributed by atoms with van der Waals surface area (Å²) in [6.45, 7) is -0.620. The highest BCUT2D eigenvalue weighted by Gasteiger charge is 2.45. The van der Waals surface area contributed by atoms with E-state index in [0.29, 0.717) is 17.0 Å². The molecule has 0 aliphatic carbocycles.